The van der Waals surface area contributed by atoms with Crippen LogP contribution in [0.2, 0.25) is 0 Å². The standard InChI is InChI=1S/C8H6OS/c9-5-7-2-1-3-8(4-7)6-10/h1-6H. The molecule has 0 heterocycles. The Hall–Kier alpha value is -1.02. The lowest BCUT2D eigenvalue weighted by molar-refractivity contribution is 0.112. The summed E-state index contributed by atoms with van der Waals surface area (Å²) in [5.41, 5.74) is 1.57. The van der Waals surface area contributed by atoms with Crippen LogP contribution in [0.15, 0.2) is 24.3 Å². The van der Waals surface area contributed by atoms with Crippen LogP contribution in [-0.2, 0) is 0 Å². The average Bonchev–Trinajstić information content (AvgIpc) is 2.05. The summed E-state index contributed by atoms with van der Waals surface area (Å²) in [7, 11) is 0. The third-order valence-electron chi connectivity index (χ3n) is 1.18. The van der Waals surface area contributed by atoms with Crippen molar-refractivity contribution in [3.63, 3.8) is 0 Å². The lowest BCUT2D eigenvalue weighted by Crippen LogP contribution is -1.82. The summed E-state index contributed by atoms with van der Waals surface area (Å²) < 4.78 is 0. The van der Waals surface area contributed by atoms with Crippen LogP contribution < -0.4 is 0 Å². The summed E-state index contributed by atoms with van der Waals surface area (Å²) in [6.45, 7) is 0. The van der Waals surface area contributed by atoms with Crippen molar-refractivity contribution in [3.8, 4) is 0 Å². The fourth-order valence-corrected chi connectivity index (χ4v) is 0.852. The van der Waals surface area contributed by atoms with Gasteiger partial charge in [0.2, 0.25) is 0 Å². The fourth-order valence-electron chi connectivity index (χ4n) is 0.706. The van der Waals surface area contributed by atoms with E-state index in [0.717, 1.165) is 11.8 Å². The van der Waals surface area contributed by atoms with E-state index in [1.807, 2.05) is 12.1 Å². The maximum Gasteiger partial charge on any atom is 0.150 e. The highest BCUT2D eigenvalue weighted by Crippen LogP contribution is 1.99. The highest BCUT2D eigenvalue weighted by Gasteiger charge is 1.88. The van der Waals surface area contributed by atoms with Crippen molar-refractivity contribution >= 4 is 23.9 Å². The summed E-state index contributed by atoms with van der Waals surface area (Å²) in [5.74, 6) is 0. The number of thiocarbonyl (C=S) groups is 1. The molecule has 1 aromatic carbocycles. The van der Waals surface area contributed by atoms with E-state index in [0.29, 0.717) is 5.56 Å². The molecule has 0 aliphatic rings. The van der Waals surface area contributed by atoms with Gasteiger partial charge in [0, 0.05) is 10.9 Å². The first-order chi connectivity index (χ1) is 4.86. The van der Waals surface area contributed by atoms with Gasteiger partial charge in [-0.25, -0.2) is 0 Å². The van der Waals surface area contributed by atoms with Gasteiger partial charge < -0.3 is 0 Å². The van der Waals surface area contributed by atoms with Crippen molar-refractivity contribution in [2.45, 2.75) is 0 Å². The van der Waals surface area contributed by atoms with Crippen LogP contribution in [0.3, 0.4) is 0 Å². The van der Waals surface area contributed by atoms with Gasteiger partial charge in [0.05, 0.1) is 0 Å². The van der Waals surface area contributed by atoms with Gasteiger partial charge in [0.1, 0.15) is 6.29 Å². The van der Waals surface area contributed by atoms with Crippen molar-refractivity contribution in [1.29, 1.82) is 0 Å². The molecule has 1 rings (SSSR count). The first kappa shape index (κ1) is 7.09. The van der Waals surface area contributed by atoms with Crippen LogP contribution in [0.5, 0.6) is 0 Å². The van der Waals surface area contributed by atoms with Gasteiger partial charge in [0.25, 0.3) is 0 Å². The monoisotopic (exact) mass is 150 g/mol. The number of carbonyl (C=O) groups is 1. The Morgan fingerprint density at radius 3 is 2.60 bits per heavy atom. The van der Waals surface area contributed by atoms with E-state index in [1.54, 1.807) is 17.5 Å². The zero-order valence-electron chi connectivity index (χ0n) is 5.28. The molecule has 0 aliphatic heterocycles. The lowest BCUT2D eigenvalue weighted by atomic mass is 10.2. The summed E-state index contributed by atoms with van der Waals surface area (Å²) in [6, 6.07) is 7.16. The Labute approximate surface area is 64.7 Å². The van der Waals surface area contributed by atoms with E-state index in [2.05, 4.69) is 12.2 Å². The molecular weight excluding hydrogens is 144 g/mol. The second-order valence-corrected chi connectivity index (χ2v) is 2.14. The zero-order chi connectivity index (χ0) is 7.40. The molecule has 0 atom stereocenters. The molecule has 0 saturated heterocycles. The number of carbonyl (C=O) groups excluding carboxylic acids is 1. The van der Waals surface area contributed by atoms with Crippen LogP contribution in [0.1, 0.15) is 15.9 Å². The molecule has 1 aromatic rings. The Bertz CT molecular complexity index is 232. The molecule has 0 amide bonds. The van der Waals surface area contributed by atoms with E-state index in [9.17, 15) is 4.79 Å². The van der Waals surface area contributed by atoms with Crippen molar-refractivity contribution in [2.75, 3.05) is 0 Å². The Morgan fingerprint density at radius 1 is 1.30 bits per heavy atom. The summed E-state index contributed by atoms with van der Waals surface area (Å²) in [6.07, 6.45) is 0.808. The molecule has 0 fully saturated rings. The van der Waals surface area contributed by atoms with Gasteiger partial charge in [-0.05, 0) is 11.6 Å². The molecule has 0 radical (unpaired) electrons. The summed E-state index contributed by atoms with van der Waals surface area (Å²) >= 11 is 4.69. The number of hydrogen-bond donors (Lipinski definition) is 0. The molecule has 2 heteroatoms. The minimum atomic E-state index is 0.665. The van der Waals surface area contributed by atoms with Crippen molar-refractivity contribution < 1.29 is 4.79 Å². The SMILES string of the molecule is O=Cc1cccc(C=S)c1. The van der Waals surface area contributed by atoms with Crippen molar-refractivity contribution in [3.05, 3.63) is 35.4 Å². The van der Waals surface area contributed by atoms with Gasteiger partial charge in [-0.3, -0.25) is 4.79 Å². The molecule has 0 bridgehead atoms. The van der Waals surface area contributed by atoms with Gasteiger partial charge in [-0.15, -0.1) is 0 Å². The largest absolute Gasteiger partial charge is 0.298 e. The van der Waals surface area contributed by atoms with E-state index in [1.165, 1.54) is 0 Å². The molecule has 10 heavy (non-hydrogen) atoms. The lowest BCUT2D eigenvalue weighted by Gasteiger charge is -1.90. The topological polar surface area (TPSA) is 17.1 Å². The first-order valence-corrected chi connectivity index (χ1v) is 3.34. The smallest absolute Gasteiger partial charge is 0.150 e. The summed E-state index contributed by atoms with van der Waals surface area (Å²) in [5, 5.41) is 1.55. The summed E-state index contributed by atoms with van der Waals surface area (Å²) in [4.78, 5) is 10.2. The molecule has 0 N–H and O–H groups in total. The van der Waals surface area contributed by atoms with Gasteiger partial charge in [0.15, 0.2) is 0 Å². The van der Waals surface area contributed by atoms with Gasteiger partial charge in [-0.1, -0.05) is 30.4 Å². The van der Waals surface area contributed by atoms with Crippen LogP contribution in [-0.4, -0.2) is 11.7 Å². The van der Waals surface area contributed by atoms with Gasteiger partial charge in [-0.2, -0.15) is 0 Å². The molecule has 1 nitrogen and oxygen atoms in total. The van der Waals surface area contributed by atoms with Crippen LogP contribution in [0.25, 0.3) is 0 Å². The molecule has 0 unspecified atom stereocenters. The first-order valence-electron chi connectivity index (χ1n) is 2.87. The number of aldehydes is 1. The molecular formula is C8H6OS. The highest BCUT2D eigenvalue weighted by molar-refractivity contribution is 7.79. The number of benzene rings is 1. The zero-order valence-corrected chi connectivity index (χ0v) is 6.10. The second kappa shape index (κ2) is 3.22. The third-order valence-corrected chi connectivity index (χ3v) is 1.46. The van der Waals surface area contributed by atoms with Gasteiger partial charge >= 0.3 is 0 Å². The minimum absolute atomic E-state index is 0.665. The molecule has 50 valence electrons. The average molecular weight is 150 g/mol. The maximum absolute atomic E-state index is 10.2. The van der Waals surface area contributed by atoms with E-state index in [-0.39, 0.29) is 0 Å². The molecule has 0 saturated carbocycles. The van der Waals surface area contributed by atoms with E-state index in [4.69, 9.17) is 0 Å². The Morgan fingerprint density at radius 2 is 2.00 bits per heavy atom. The quantitative estimate of drug-likeness (QED) is 0.472. The third kappa shape index (κ3) is 1.48. The maximum atomic E-state index is 10.2. The predicted octanol–water partition coefficient (Wildman–Crippen LogP) is 1.85. The van der Waals surface area contributed by atoms with Crippen molar-refractivity contribution in [2.24, 2.45) is 0 Å². The molecule has 0 spiro atoms. The van der Waals surface area contributed by atoms with Crippen LogP contribution in [0, 0.1) is 0 Å². The van der Waals surface area contributed by atoms with Crippen LogP contribution >= 0.6 is 12.2 Å². The molecule has 0 aromatic heterocycles. The minimum Gasteiger partial charge on any atom is -0.298 e. The Balaban J connectivity index is 3.09. The second-order valence-electron chi connectivity index (χ2n) is 1.91. The number of hydrogen-bond acceptors (Lipinski definition) is 2. The predicted molar refractivity (Wildman–Crippen MR) is 44.6 cm³/mol. The fraction of sp³-hybridized carbons (Fsp3) is 0. The molecule has 0 aliphatic carbocycles. The Kier molecular flexibility index (Phi) is 2.29. The normalized spacial score (nSPS) is 8.80. The van der Waals surface area contributed by atoms with Crippen LogP contribution in [0.4, 0.5) is 0 Å². The number of rotatable bonds is 2. The van der Waals surface area contributed by atoms with Crippen molar-refractivity contribution in [1.82, 2.24) is 0 Å². The van der Waals surface area contributed by atoms with E-state index >= 15 is 0 Å². The van der Waals surface area contributed by atoms with E-state index < -0.39 is 0 Å². The highest BCUT2D eigenvalue weighted by atomic mass is 32.1.